The highest BCUT2D eigenvalue weighted by molar-refractivity contribution is 4.94. The molecule has 2 aliphatic rings. The lowest BCUT2D eigenvalue weighted by atomic mass is 10.00. The van der Waals surface area contributed by atoms with Gasteiger partial charge in [0, 0.05) is 19.2 Å². The van der Waals surface area contributed by atoms with Gasteiger partial charge in [-0.25, -0.2) is 0 Å². The summed E-state index contributed by atoms with van der Waals surface area (Å²) in [6.45, 7) is 3.50. The highest BCUT2D eigenvalue weighted by Gasteiger charge is 2.39. The molecule has 2 aliphatic heterocycles. The van der Waals surface area contributed by atoms with E-state index in [-0.39, 0.29) is 0 Å². The molecular weight excluding hydrogens is 150 g/mol. The predicted molar refractivity (Wildman–Crippen MR) is 49.2 cm³/mol. The Morgan fingerprint density at radius 2 is 1.83 bits per heavy atom. The Hall–Kier alpha value is -0.0800. The molecule has 0 aliphatic carbocycles. The zero-order chi connectivity index (χ0) is 8.55. The summed E-state index contributed by atoms with van der Waals surface area (Å²) in [5.41, 5.74) is 0. The van der Waals surface area contributed by atoms with Crippen molar-refractivity contribution in [1.29, 1.82) is 0 Å². The Labute approximate surface area is 74.9 Å². The van der Waals surface area contributed by atoms with Crippen LogP contribution in [-0.4, -0.2) is 36.7 Å². The minimum atomic E-state index is 0.547. The molecule has 0 spiro atoms. The molecule has 2 fully saturated rings. The predicted octanol–water partition coefficient (Wildman–Crippen LogP) is 1.65. The third-order valence-corrected chi connectivity index (χ3v) is 3.54. The largest absolute Gasteiger partial charge is 0.381 e. The summed E-state index contributed by atoms with van der Waals surface area (Å²) in [7, 11) is 1.85. The third kappa shape index (κ3) is 1.27. The first-order chi connectivity index (χ1) is 5.85. The molecule has 2 heteroatoms. The van der Waals surface area contributed by atoms with Crippen LogP contribution in [0.25, 0.3) is 0 Å². The van der Waals surface area contributed by atoms with Gasteiger partial charge in [0.2, 0.25) is 0 Å². The molecule has 2 rings (SSSR count). The van der Waals surface area contributed by atoms with Crippen LogP contribution in [0.4, 0.5) is 0 Å². The fourth-order valence-corrected chi connectivity index (χ4v) is 2.93. The lowest BCUT2D eigenvalue weighted by Gasteiger charge is -2.37. The molecule has 0 radical (unpaired) electrons. The molecule has 12 heavy (non-hydrogen) atoms. The highest BCUT2D eigenvalue weighted by Crippen LogP contribution is 2.36. The second kappa shape index (κ2) is 3.35. The van der Waals surface area contributed by atoms with E-state index in [0.29, 0.717) is 6.10 Å². The van der Waals surface area contributed by atoms with Gasteiger partial charge in [-0.3, -0.25) is 4.90 Å². The van der Waals surface area contributed by atoms with Gasteiger partial charge in [-0.05, 0) is 32.2 Å². The Morgan fingerprint density at radius 1 is 1.25 bits per heavy atom. The molecular formula is C10H19NO. The minimum absolute atomic E-state index is 0.547. The first kappa shape index (κ1) is 8.52. The summed E-state index contributed by atoms with van der Waals surface area (Å²) in [4.78, 5) is 2.66. The fourth-order valence-electron chi connectivity index (χ4n) is 2.93. The average molecular weight is 169 g/mol. The summed E-state index contributed by atoms with van der Waals surface area (Å²) < 4.78 is 5.44. The van der Waals surface area contributed by atoms with Crippen LogP contribution in [0.1, 0.15) is 32.6 Å². The zero-order valence-corrected chi connectivity index (χ0v) is 8.12. The zero-order valence-electron chi connectivity index (χ0n) is 8.12. The highest BCUT2D eigenvalue weighted by atomic mass is 16.5. The molecule has 0 amide bonds. The maximum Gasteiger partial charge on any atom is 0.0601 e. The Kier molecular flexibility index (Phi) is 2.37. The van der Waals surface area contributed by atoms with E-state index in [0.717, 1.165) is 12.1 Å². The van der Waals surface area contributed by atoms with E-state index in [1.165, 1.54) is 32.2 Å². The van der Waals surface area contributed by atoms with Crippen molar-refractivity contribution < 1.29 is 4.74 Å². The van der Waals surface area contributed by atoms with Crippen LogP contribution in [0.15, 0.2) is 0 Å². The van der Waals surface area contributed by atoms with Crippen molar-refractivity contribution >= 4 is 0 Å². The standard InChI is InChI=1S/C10H19NO/c1-3-11-8-4-5-9(11)7-10(6-8)12-2/h8-10H,3-7H2,1-2H3. The topological polar surface area (TPSA) is 12.5 Å². The van der Waals surface area contributed by atoms with Crippen molar-refractivity contribution in [3.63, 3.8) is 0 Å². The number of methoxy groups -OCH3 is 1. The molecule has 0 aromatic carbocycles. The SMILES string of the molecule is CCN1C2CCC1CC(OC)C2. The van der Waals surface area contributed by atoms with Crippen molar-refractivity contribution in [2.75, 3.05) is 13.7 Å². The van der Waals surface area contributed by atoms with E-state index < -0.39 is 0 Å². The van der Waals surface area contributed by atoms with Crippen molar-refractivity contribution in [3.8, 4) is 0 Å². The van der Waals surface area contributed by atoms with Crippen LogP contribution in [-0.2, 0) is 4.74 Å². The van der Waals surface area contributed by atoms with Gasteiger partial charge < -0.3 is 4.74 Å². The van der Waals surface area contributed by atoms with Crippen molar-refractivity contribution in [1.82, 2.24) is 4.90 Å². The van der Waals surface area contributed by atoms with Crippen LogP contribution < -0.4 is 0 Å². The Bertz CT molecular complexity index is 146. The number of fused-ring (bicyclic) bond motifs is 2. The molecule has 2 atom stereocenters. The lowest BCUT2D eigenvalue weighted by Crippen LogP contribution is -2.44. The average Bonchev–Trinajstić information content (AvgIpc) is 2.35. The van der Waals surface area contributed by atoms with Crippen LogP contribution in [0, 0.1) is 0 Å². The van der Waals surface area contributed by atoms with Gasteiger partial charge in [0.25, 0.3) is 0 Å². The second-order valence-corrected chi connectivity index (χ2v) is 4.04. The number of hydrogen-bond donors (Lipinski definition) is 0. The monoisotopic (exact) mass is 169 g/mol. The van der Waals surface area contributed by atoms with E-state index in [9.17, 15) is 0 Å². The van der Waals surface area contributed by atoms with E-state index in [1.807, 2.05) is 7.11 Å². The van der Waals surface area contributed by atoms with E-state index in [2.05, 4.69) is 11.8 Å². The number of piperidine rings is 1. The molecule has 2 saturated heterocycles. The van der Waals surface area contributed by atoms with Gasteiger partial charge >= 0.3 is 0 Å². The van der Waals surface area contributed by atoms with Gasteiger partial charge in [0.15, 0.2) is 0 Å². The fraction of sp³-hybridized carbons (Fsp3) is 1.00. The van der Waals surface area contributed by atoms with E-state index >= 15 is 0 Å². The summed E-state index contributed by atoms with van der Waals surface area (Å²) in [5, 5.41) is 0. The number of hydrogen-bond acceptors (Lipinski definition) is 2. The van der Waals surface area contributed by atoms with Gasteiger partial charge in [-0.2, -0.15) is 0 Å². The molecule has 0 saturated carbocycles. The number of ether oxygens (including phenoxy) is 1. The number of rotatable bonds is 2. The summed E-state index contributed by atoms with van der Waals surface area (Å²) in [6, 6.07) is 1.66. The number of nitrogens with zero attached hydrogens (tertiary/aromatic N) is 1. The van der Waals surface area contributed by atoms with E-state index in [1.54, 1.807) is 0 Å². The molecule has 2 nitrogen and oxygen atoms in total. The van der Waals surface area contributed by atoms with E-state index in [4.69, 9.17) is 4.74 Å². The van der Waals surface area contributed by atoms with Gasteiger partial charge in [0.05, 0.1) is 6.10 Å². The van der Waals surface area contributed by atoms with Crippen molar-refractivity contribution in [2.24, 2.45) is 0 Å². The first-order valence-electron chi connectivity index (χ1n) is 5.13. The van der Waals surface area contributed by atoms with Crippen LogP contribution in [0.3, 0.4) is 0 Å². The smallest absolute Gasteiger partial charge is 0.0601 e. The Balaban J connectivity index is 2.01. The molecule has 2 unspecified atom stereocenters. The van der Waals surface area contributed by atoms with Crippen molar-refractivity contribution in [2.45, 2.75) is 50.8 Å². The normalized spacial score (nSPS) is 42.0. The second-order valence-electron chi connectivity index (χ2n) is 4.04. The quantitative estimate of drug-likeness (QED) is 0.623. The maximum atomic E-state index is 5.44. The summed E-state index contributed by atoms with van der Waals surface area (Å²) in [5.74, 6) is 0. The van der Waals surface area contributed by atoms with Crippen molar-refractivity contribution in [3.05, 3.63) is 0 Å². The minimum Gasteiger partial charge on any atom is -0.381 e. The first-order valence-corrected chi connectivity index (χ1v) is 5.13. The summed E-state index contributed by atoms with van der Waals surface area (Å²) >= 11 is 0. The van der Waals surface area contributed by atoms with Crippen LogP contribution in [0.5, 0.6) is 0 Å². The molecule has 2 bridgehead atoms. The molecule has 0 aromatic rings. The third-order valence-electron chi connectivity index (χ3n) is 3.54. The molecule has 2 heterocycles. The van der Waals surface area contributed by atoms with Crippen LogP contribution >= 0.6 is 0 Å². The van der Waals surface area contributed by atoms with Gasteiger partial charge in [-0.15, -0.1) is 0 Å². The van der Waals surface area contributed by atoms with Crippen LogP contribution in [0.2, 0.25) is 0 Å². The molecule has 70 valence electrons. The lowest BCUT2D eigenvalue weighted by molar-refractivity contribution is 0.00808. The molecule has 0 N–H and O–H groups in total. The Morgan fingerprint density at radius 3 is 2.25 bits per heavy atom. The van der Waals surface area contributed by atoms with Gasteiger partial charge in [-0.1, -0.05) is 6.92 Å². The summed E-state index contributed by atoms with van der Waals surface area (Å²) in [6.07, 6.45) is 5.88. The van der Waals surface area contributed by atoms with Gasteiger partial charge in [0.1, 0.15) is 0 Å². The maximum absolute atomic E-state index is 5.44. The molecule has 0 aromatic heterocycles.